The third-order valence-corrected chi connectivity index (χ3v) is 2.42. The van der Waals surface area contributed by atoms with Crippen molar-refractivity contribution in [2.45, 2.75) is 26.0 Å². The van der Waals surface area contributed by atoms with Crippen molar-refractivity contribution in [3.63, 3.8) is 0 Å². The molecule has 0 amide bonds. The Hall–Kier alpha value is -0.880. The van der Waals surface area contributed by atoms with Crippen LogP contribution in [0.4, 0.5) is 0 Å². The fraction of sp³-hybridized carbons (Fsp3) is 0.571. The van der Waals surface area contributed by atoms with Crippen molar-refractivity contribution >= 4 is 10.1 Å². The second-order valence-corrected chi connectivity index (χ2v) is 4.71. The number of imidazole rings is 1. The molecular formula is C7H14N2O3S. The highest BCUT2D eigenvalue weighted by molar-refractivity contribution is 7.86. The Morgan fingerprint density at radius 1 is 1.54 bits per heavy atom. The highest BCUT2D eigenvalue weighted by atomic mass is 32.2. The van der Waals surface area contributed by atoms with Crippen LogP contribution in [0.5, 0.6) is 0 Å². The number of aromatic nitrogens is 2. The van der Waals surface area contributed by atoms with Crippen LogP contribution in [-0.4, -0.2) is 28.2 Å². The minimum absolute atomic E-state index is 0.674. The molecule has 0 unspecified atom stereocenters. The number of aromatic amines is 1. The van der Waals surface area contributed by atoms with Crippen molar-refractivity contribution in [2.24, 2.45) is 0 Å². The van der Waals surface area contributed by atoms with E-state index in [1.807, 2.05) is 6.92 Å². The van der Waals surface area contributed by atoms with E-state index < -0.39 is 15.4 Å². The Bertz CT molecular complexity index is 316. The molecule has 76 valence electrons. The highest BCUT2D eigenvalue weighted by Gasteiger charge is 2.08. The van der Waals surface area contributed by atoms with Crippen LogP contribution in [0.3, 0.4) is 0 Å². The molecule has 1 aromatic heterocycles. The fourth-order valence-corrected chi connectivity index (χ4v) is 0.344. The summed E-state index contributed by atoms with van der Waals surface area (Å²) >= 11 is 0. The van der Waals surface area contributed by atoms with Gasteiger partial charge in [0.2, 0.25) is 0 Å². The quantitative estimate of drug-likeness (QED) is 0.671. The molecule has 0 aromatic carbocycles. The first-order valence-electron chi connectivity index (χ1n) is 3.76. The van der Waals surface area contributed by atoms with Crippen LogP contribution in [-0.2, 0) is 10.1 Å². The summed E-state index contributed by atoms with van der Waals surface area (Å²) in [5.74, 6) is 0.968. The van der Waals surface area contributed by atoms with Gasteiger partial charge < -0.3 is 4.98 Å². The minimum atomic E-state index is -3.74. The van der Waals surface area contributed by atoms with Crippen LogP contribution in [0, 0.1) is 6.92 Å². The van der Waals surface area contributed by atoms with E-state index in [0.717, 1.165) is 5.82 Å². The molecule has 0 spiro atoms. The number of nitrogens with one attached hydrogen (secondary N) is 1. The van der Waals surface area contributed by atoms with E-state index >= 15 is 0 Å². The predicted molar refractivity (Wildman–Crippen MR) is 50.0 cm³/mol. The first kappa shape index (κ1) is 12.1. The molecule has 5 nitrogen and oxygen atoms in total. The molecule has 0 bridgehead atoms. The molecule has 1 rings (SSSR count). The number of hydrogen-bond acceptors (Lipinski definition) is 3. The number of hydrogen-bond donors (Lipinski definition) is 2. The normalized spacial score (nSPS) is 10.8. The molecule has 2 N–H and O–H groups in total. The molecule has 0 aliphatic carbocycles. The van der Waals surface area contributed by atoms with Gasteiger partial charge in [-0.2, -0.15) is 8.42 Å². The van der Waals surface area contributed by atoms with Crippen molar-refractivity contribution in [3.8, 4) is 0 Å². The maximum Gasteiger partial charge on any atom is 0.267 e. The molecule has 6 heteroatoms. The van der Waals surface area contributed by atoms with Gasteiger partial charge in [-0.05, 0) is 20.8 Å². The minimum Gasteiger partial charge on any atom is -0.349 e. The van der Waals surface area contributed by atoms with Gasteiger partial charge in [-0.25, -0.2) is 4.98 Å². The monoisotopic (exact) mass is 206 g/mol. The van der Waals surface area contributed by atoms with E-state index in [4.69, 9.17) is 4.55 Å². The van der Waals surface area contributed by atoms with Gasteiger partial charge in [-0.15, -0.1) is 0 Å². The van der Waals surface area contributed by atoms with Crippen molar-refractivity contribution in [1.82, 2.24) is 9.97 Å². The lowest BCUT2D eigenvalue weighted by Crippen LogP contribution is -2.10. The van der Waals surface area contributed by atoms with Gasteiger partial charge in [0.25, 0.3) is 10.1 Å². The molecule has 13 heavy (non-hydrogen) atoms. The van der Waals surface area contributed by atoms with Gasteiger partial charge in [0, 0.05) is 12.4 Å². The molecule has 0 saturated carbocycles. The van der Waals surface area contributed by atoms with Gasteiger partial charge in [0.05, 0.1) is 5.25 Å². The summed E-state index contributed by atoms with van der Waals surface area (Å²) in [6.45, 7) is 4.74. The van der Waals surface area contributed by atoms with E-state index in [0.29, 0.717) is 0 Å². The van der Waals surface area contributed by atoms with E-state index in [-0.39, 0.29) is 0 Å². The highest BCUT2D eigenvalue weighted by Crippen LogP contribution is 1.91. The van der Waals surface area contributed by atoms with Gasteiger partial charge in [-0.3, -0.25) is 4.55 Å². The van der Waals surface area contributed by atoms with E-state index in [1.54, 1.807) is 12.4 Å². The topological polar surface area (TPSA) is 83.1 Å². The first-order chi connectivity index (χ1) is 5.84. The fourth-order valence-electron chi connectivity index (χ4n) is 0.344. The summed E-state index contributed by atoms with van der Waals surface area (Å²) in [4.78, 5) is 6.75. The van der Waals surface area contributed by atoms with E-state index in [9.17, 15) is 8.42 Å². The Balaban J connectivity index is 0.000000223. The van der Waals surface area contributed by atoms with Crippen LogP contribution >= 0.6 is 0 Å². The SMILES string of the molecule is CC(C)S(=O)(=O)O.Cc1ncc[nH]1. The van der Waals surface area contributed by atoms with Crippen LogP contribution in [0.1, 0.15) is 19.7 Å². The number of nitrogens with zero attached hydrogens (tertiary/aromatic N) is 1. The lowest BCUT2D eigenvalue weighted by Gasteiger charge is -1.94. The maximum absolute atomic E-state index is 9.89. The Kier molecular flexibility index (Phi) is 4.64. The van der Waals surface area contributed by atoms with E-state index in [1.165, 1.54) is 13.8 Å². The summed E-state index contributed by atoms with van der Waals surface area (Å²) in [7, 11) is -3.74. The lowest BCUT2D eigenvalue weighted by atomic mass is 10.6. The number of H-pyrrole nitrogens is 1. The third kappa shape index (κ3) is 6.30. The smallest absolute Gasteiger partial charge is 0.267 e. The first-order valence-corrected chi connectivity index (χ1v) is 5.26. The Morgan fingerprint density at radius 2 is 2.00 bits per heavy atom. The van der Waals surface area contributed by atoms with Gasteiger partial charge >= 0.3 is 0 Å². The molecule has 0 aliphatic heterocycles. The zero-order valence-corrected chi connectivity index (χ0v) is 8.67. The largest absolute Gasteiger partial charge is 0.349 e. The molecule has 0 fully saturated rings. The molecule has 0 aliphatic rings. The molecular weight excluding hydrogens is 192 g/mol. The average molecular weight is 206 g/mol. The van der Waals surface area contributed by atoms with Crippen molar-refractivity contribution in [1.29, 1.82) is 0 Å². The second-order valence-electron chi connectivity index (χ2n) is 2.74. The predicted octanol–water partition coefficient (Wildman–Crippen LogP) is 1.00. The molecule has 0 atom stereocenters. The average Bonchev–Trinajstić information content (AvgIpc) is 2.38. The third-order valence-electron chi connectivity index (χ3n) is 1.23. The van der Waals surface area contributed by atoms with Gasteiger partial charge in [0.15, 0.2) is 0 Å². The zero-order chi connectivity index (χ0) is 10.5. The summed E-state index contributed by atoms with van der Waals surface area (Å²) in [5, 5.41) is -0.674. The van der Waals surface area contributed by atoms with Crippen LogP contribution in [0.2, 0.25) is 0 Å². The van der Waals surface area contributed by atoms with Crippen LogP contribution < -0.4 is 0 Å². The zero-order valence-electron chi connectivity index (χ0n) is 7.85. The summed E-state index contributed by atoms with van der Waals surface area (Å²) in [5.41, 5.74) is 0. The lowest BCUT2D eigenvalue weighted by molar-refractivity contribution is 0.473. The number of aryl methyl sites for hydroxylation is 1. The van der Waals surface area contributed by atoms with E-state index in [2.05, 4.69) is 9.97 Å². The Labute approximate surface area is 78.0 Å². The summed E-state index contributed by atoms with van der Waals surface area (Å²) < 4.78 is 27.8. The van der Waals surface area contributed by atoms with Crippen molar-refractivity contribution in [2.75, 3.05) is 0 Å². The van der Waals surface area contributed by atoms with Crippen LogP contribution in [0.25, 0.3) is 0 Å². The molecule has 1 aromatic rings. The number of rotatable bonds is 1. The molecule has 1 heterocycles. The second kappa shape index (κ2) is 4.98. The Morgan fingerprint density at radius 3 is 2.08 bits per heavy atom. The maximum atomic E-state index is 9.89. The van der Waals surface area contributed by atoms with Gasteiger partial charge in [-0.1, -0.05) is 0 Å². The summed E-state index contributed by atoms with van der Waals surface area (Å²) in [6.07, 6.45) is 3.53. The van der Waals surface area contributed by atoms with Crippen molar-refractivity contribution < 1.29 is 13.0 Å². The molecule has 0 saturated heterocycles. The molecule has 0 radical (unpaired) electrons. The van der Waals surface area contributed by atoms with Gasteiger partial charge in [0.1, 0.15) is 5.82 Å². The summed E-state index contributed by atoms with van der Waals surface area (Å²) in [6, 6.07) is 0. The van der Waals surface area contributed by atoms with Crippen molar-refractivity contribution in [3.05, 3.63) is 18.2 Å². The van der Waals surface area contributed by atoms with Crippen LogP contribution in [0.15, 0.2) is 12.4 Å². The standard InChI is InChI=1S/C4H6N2.C3H8O3S/c1-4-5-2-3-6-4;1-3(2)7(4,5)6/h2-3H,1H3,(H,5,6);3H,1-2H3,(H,4,5,6).